The molecule has 0 aliphatic carbocycles. The summed E-state index contributed by atoms with van der Waals surface area (Å²) in [6, 6.07) is 11.1. The van der Waals surface area contributed by atoms with Gasteiger partial charge in [0.05, 0.1) is 23.9 Å². The molecule has 0 bridgehead atoms. The van der Waals surface area contributed by atoms with Gasteiger partial charge in [-0.3, -0.25) is 4.79 Å². The summed E-state index contributed by atoms with van der Waals surface area (Å²) in [6.07, 6.45) is 5.53. The van der Waals surface area contributed by atoms with Gasteiger partial charge in [0.1, 0.15) is 5.75 Å². The second kappa shape index (κ2) is 6.96. The molecule has 0 aliphatic rings. The van der Waals surface area contributed by atoms with Crippen LogP contribution in [0.4, 0.5) is 0 Å². The lowest BCUT2D eigenvalue weighted by Gasteiger charge is -2.04. The standard InChI is InChI=1S/C20H18N2O2S/c1-5-10-22-18-14(3)11-13(2)12-17(18)25-20(22)21-19(23)15-6-8-16(24-4)9-7-15/h1,6-9,11-12H,10H2,2-4H3. The zero-order chi connectivity index (χ0) is 18.0. The molecule has 0 N–H and O–H groups in total. The van der Waals surface area contributed by atoms with Gasteiger partial charge in [-0.15, -0.1) is 6.42 Å². The zero-order valence-electron chi connectivity index (χ0n) is 14.4. The molecule has 1 amide bonds. The summed E-state index contributed by atoms with van der Waals surface area (Å²) in [5.74, 6) is 3.06. The normalized spacial score (nSPS) is 11.5. The number of thiazole rings is 1. The molecule has 0 atom stereocenters. The maximum atomic E-state index is 12.5. The van der Waals surface area contributed by atoms with E-state index in [0.717, 1.165) is 15.8 Å². The number of amides is 1. The Kier molecular flexibility index (Phi) is 4.73. The molecule has 0 fully saturated rings. The van der Waals surface area contributed by atoms with Gasteiger partial charge in [-0.25, -0.2) is 0 Å². The van der Waals surface area contributed by atoms with Gasteiger partial charge >= 0.3 is 0 Å². The first kappa shape index (κ1) is 17.0. The number of rotatable bonds is 3. The van der Waals surface area contributed by atoms with Crippen molar-refractivity contribution in [2.24, 2.45) is 4.99 Å². The molecule has 0 spiro atoms. The first-order chi connectivity index (χ1) is 12.0. The number of aromatic nitrogens is 1. The third kappa shape index (κ3) is 3.35. The molecule has 0 saturated heterocycles. The van der Waals surface area contributed by atoms with Crippen molar-refractivity contribution in [3.05, 3.63) is 57.9 Å². The lowest BCUT2D eigenvalue weighted by Crippen LogP contribution is -2.16. The van der Waals surface area contributed by atoms with Crippen molar-refractivity contribution >= 4 is 27.5 Å². The lowest BCUT2D eigenvalue weighted by molar-refractivity contribution is 0.0998. The minimum Gasteiger partial charge on any atom is -0.497 e. The average Bonchev–Trinajstić information content (AvgIpc) is 2.92. The molecule has 0 unspecified atom stereocenters. The molecule has 4 nitrogen and oxygen atoms in total. The SMILES string of the molecule is C#CCn1c(=NC(=O)c2ccc(OC)cc2)sc2cc(C)cc(C)c21. The molecule has 5 heteroatoms. The van der Waals surface area contributed by atoms with Gasteiger partial charge in [-0.05, 0) is 55.3 Å². The summed E-state index contributed by atoms with van der Waals surface area (Å²) in [5.41, 5.74) is 3.85. The van der Waals surface area contributed by atoms with Crippen molar-refractivity contribution in [2.45, 2.75) is 20.4 Å². The van der Waals surface area contributed by atoms with E-state index in [1.165, 1.54) is 16.9 Å². The highest BCUT2D eigenvalue weighted by atomic mass is 32.1. The summed E-state index contributed by atoms with van der Waals surface area (Å²) >= 11 is 1.48. The first-order valence-corrected chi connectivity index (χ1v) is 8.62. The van der Waals surface area contributed by atoms with Crippen LogP contribution in [0.25, 0.3) is 10.2 Å². The number of benzene rings is 2. The number of methoxy groups -OCH3 is 1. The Morgan fingerprint density at radius 1 is 1.28 bits per heavy atom. The van der Waals surface area contributed by atoms with E-state index in [-0.39, 0.29) is 5.91 Å². The fourth-order valence-electron chi connectivity index (χ4n) is 2.80. The van der Waals surface area contributed by atoms with Crippen LogP contribution < -0.4 is 9.54 Å². The zero-order valence-corrected chi connectivity index (χ0v) is 15.2. The van der Waals surface area contributed by atoms with Crippen molar-refractivity contribution in [3.8, 4) is 18.1 Å². The second-order valence-corrected chi connectivity index (χ2v) is 6.76. The van der Waals surface area contributed by atoms with Crippen molar-refractivity contribution in [1.82, 2.24) is 4.57 Å². The molecule has 2 aromatic carbocycles. The Morgan fingerprint density at radius 2 is 2.00 bits per heavy atom. The van der Waals surface area contributed by atoms with Crippen LogP contribution in [0.3, 0.4) is 0 Å². The monoisotopic (exact) mass is 350 g/mol. The Bertz CT molecular complexity index is 1050. The van der Waals surface area contributed by atoms with Crippen LogP contribution in [-0.4, -0.2) is 17.6 Å². The van der Waals surface area contributed by atoms with Crippen molar-refractivity contribution in [3.63, 3.8) is 0 Å². The molecule has 0 aliphatic heterocycles. The molecule has 0 saturated carbocycles. The minimum atomic E-state index is -0.297. The first-order valence-electron chi connectivity index (χ1n) is 7.80. The van der Waals surface area contributed by atoms with Gasteiger partial charge in [0.25, 0.3) is 5.91 Å². The third-order valence-corrected chi connectivity index (χ3v) is 4.92. The largest absolute Gasteiger partial charge is 0.497 e. The number of nitrogens with zero attached hydrogens (tertiary/aromatic N) is 2. The van der Waals surface area contributed by atoms with Crippen molar-refractivity contribution in [2.75, 3.05) is 7.11 Å². The summed E-state index contributed by atoms with van der Waals surface area (Å²) in [7, 11) is 1.59. The van der Waals surface area contributed by atoms with Crippen LogP contribution in [0.2, 0.25) is 0 Å². The molecular weight excluding hydrogens is 332 g/mol. The molecule has 3 aromatic rings. The number of hydrogen-bond donors (Lipinski definition) is 0. The fourth-order valence-corrected chi connectivity index (χ4v) is 4.00. The molecular formula is C20H18N2O2S. The smallest absolute Gasteiger partial charge is 0.279 e. The van der Waals surface area contributed by atoms with Crippen LogP contribution >= 0.6 is 11.3 Å². The van der Waals surface area contributed by atoms with Gasteiger partial charge in [0.15, 0.2) is 4.80 Å². The number of carbonyl (C=O) groups is 1. The highest BCUT2D eigenvalue weighted by Crippen LogP contribution is 2.23. The Hall–Kier alpha value is -2.84. The average molecular weight is 350 g/mol. The van der Waals surface area contributed by atoms with E-state index in [2.05, 4.69) is 30.0 Å². The molecule has 1 aromatic heterocycles. The van der Waals surface area contributed by atoms with Gasteiger partial charge in [-0.1, -0.05) is 23.3 Å². The Balaban J connectivity index is 2.14. The second-order valence-electron chi connectivity index (χ2n) is 5.75. The minimum absolute atomic E-state index is 0.297. The predicted molar refractivity (Wildman–Crippen MR) is 101 cm³/mol. The van der Waals surface area contributed by atoms with E-state index in [9.17, 15) is 4.79 Å². The number of carbonyl (C=O) groups excluding carboxylic acids is 1. The molecule has 3 rings (SSSR count). The van der Waals surface area contributed by atoms with Crippen LogP contribution in [0.5, 0.6) is 5.75 Å². The Labute approximate surface area is 150 Å². The maximum absolute atomic E-state index is 12.5. The predicted octanol–water partition coefficient (Wildman–Crippen LogP) is 3.70. The number of hydrogen-bond acceptors (Lipinski definition) is 3. The van der Waals surface area contributed by atoms with Gasteiger partial charge in [-0.2, -0.15) is 4.99 Å². The van der Waals surface area contributed by atoms with E-state index < -0.39 is 0 Å². The summed E-state index contributed by atoms with van der Waals surface area (Å²) in [5, 5.41) is 0. The third-order valence-electron chi connectivity index (χ3n) is 3.90. The van der Waals surface area contributed by atoms with E-state index in [0.29, 0.717) is 22.7 Å². The van der Waals surface area contributed by atoms with Crippen LogP contribution in [-0.2, 0) is 6.54 Å². The quantitative estimate of drug-likeness (QED) is 0.676. The van der Waals surface area contributed by atoms with Gasteiger partial charge in [0, 0.05) is 5.56 Å². The summed E-state index contributed by atoms with van der Waals surface area (Å²) in [4.78, 5) is 17.5. The summed E-state index contributed by atoms with van der Waals surface area (Å²) in [6.45, 7) is 4.47. The highest BCUT2D eigenvalue weighted by Gasteiger charge is 2.11. The maximum Gasteiger partial charge on any atom is 0.279 e. The highest BCUT2D eigenvalue weighted by molar-refractivity contribution is 7.16. The number of ether oxygens (including phenoxy) is 1. The molecule has 25 heavy (non-hydrogen) atoms. The summed E-state index contributed by atoms with van der Waals surface area (Å²) < 4.78 is 8.12. The topological polar surface area (TPSA) is 43.6 Å². The van der Waals surface area contributed by atoms with E-state index in [1.807, 2.05) is 11.5 Å². The van der Waals surface area contributed by atoms with E-state index >= 15 is 0 Å². The lowest BCUT2D eigenvalue weighted by atomic mass is 10.1. The van der Waals surface area contributed by atoms with Crippen molar-refractivity contribution in [1.29, 1.82) is 0 Å². The van der Waals surface area contributed by atoms with Gasteiger partial charge in [0.2, 0.25) is 0 Å². The van der Waals surface area contributed by atoms with E-state index in [4.69, 9.17) is 11.2 Å². The van der Waals surface area contributed by atoms with Crippen LogP contribution in [0, 0.1) is 26.2 Å². The van der Waals surface area contributed by atoms with Gasteiger partial charge < -0.3 is 9.30 Å². The Morgan fingerprint density at radius 3 is 2.64 bits per heavy atom. The van der Waals surface area contributed by atoms with E-state index in [1.54, 1.807) is 31.4 Å². The van der Waals surface area contributed by atoms with Crippen LogP contribution in [0.1, 0.15) is 21.5 Å². The van der Waals surface area contributed by atoms with Crippen LogP contribution in [0.15, 0.2) is 41.4 Å². The fraction of sp³-hybridized carbons (Fsp3) is 0.200. The number of terminal acetylenes is 1. The van der Waals surface area contributed by atoms with Crippen molar-refractivity contribution < 1.29 is 9.53 Å². The molecule has 0 radical (unpaired) electrons. The number of aryl methyl sites for hydroxylation is 2. The molecule has 1 heterocycles. The number of fused-ring (bicyclic) bond motifs is 1. The molecule has 126 valence electrons.